The Morgan fingerprint density at radius 1 is 1.08 bits per heavy atom. The standard InChI is InChI=1S/C19H13Cl2N3OS/c1-11-8-18-22-23-19(24(18)16-5-3-2-4-13(11)16)26-10-17(25)12-6-7-14(20)15(21)9-12/h2-9H,10H2,1H3. The number of benzene rings is 2. The molecule has 4 aromatic rings. The molecule has 4 nitrogen and oxygen atoms in total. The summed E-state index contributed by atoms with van der Waals surface area (Å²) in [6.45, 7) is 2.05. The van der Waals surface area contributed by atoms with E-state index in [0.717, 1.165) is 22.1 Å². The first kappa shape index (κ1) is 17.3. The van der Waals surface area contributed by atoms with Crippen molar-refractivity contribution in [2.75, 3.05) is 5.75 Å². The molecule has 2 heterocycles. The van der Waals surface area contributed by atoms with Crippen LogP contribution < -0.4 is 0 Å². The van der Waals surface area contributed by atoms with Gasteiger partial charge in [-0.2, -0.15) is 0 Å². The van der Waals surface area contributed by atoms with Crippen molar-refractivity contribution in [3.8, 4) is 0 Å². The number of Topliss-reactive ketones (excluding diaryl/α,β-unsaturated/α-hetero) is 1. The number of aryl methyl sites for hydroxylation is 1. The number of carbonyl (C=O) groups excluding carboxylic acids is 1. The van der Waals surface area contributed by atoms with Crippen molar-refractivity contribution in [2.24, 2.45) is 0 Å². The van der Waals surface area contributed by atoms with Crippen LogP contribution in [-0.4, -0.2) is 26.1 Å². The van der Waals surface area contributed by atoms with Crippen LogP contribution in [0.4, 0.5) is 0 Å². The van der Waals surface area contributed by atoms with Gasteiger partial charge in [-0.15, -0.1) is 10.2 Å². The Kier molecular flexibility index (Phi) is 4.61. The molecule has 0 saturated heterocycles. The zero-order valence-electron chi connectivity index (χ0n) is 13.7. The van der Waals surface area contributed by atoms with Crippen LogP contribution in [0.25, 0.3) is 16.6 Å². The lowest BCUT2D eigenvalue weighted by molar-refractivity contribution is 0.102. The lowest BCUT2D eigenvalue weighted by Crippen LogP contribution is -2.03. The minimum absolute atomic E-state index is 0.0401. The van der Waals surface area contributed by atoms with Crippen molar-refractivity contribution >= 4 is 57.3 Å². The molecule has 0 amide bonds. The van der Waals surface area contributed by atoms with Gasteiger partial charge in [-0.05, 0) is 42.8 Å². The third-order valence-electron chi connectivity index (χ3n) is 4.15. The predicted molar refractivity (Wildman–Crippen MR) is 107 cm³/mol. The number of thioether (sulfide) groups is 1. The molecule has 0 atom stereocenters. The van der Waals surface area contributed by atoms with E-state index in [9.17, 15) is 4.79 Å². The van der Waals surface area contributed by atoms with Crippen molar-refractivity contribution in [3.05, 3.63) is 69.7 Å². The quantitative estimate of drug-likeness (QED) is 0.335. The van der Waals surface area contributed by atoms with Gasteiger partial charge >= 0.3 is 0 Å². The van der Waals surface area contributed by atoms with Crippen LogP contribution in [0.15, 0.2) is 53.7 Å². The molecule has 0 bridgehead atoms. The van der Waals surface area contributed by atoms with E-state index in [4.69, 9.17) is 23.2 Å². The van der Waals surface area contributed by atoms with Crippen LogP contribution in [0, 0.1) is 6.92 Å². The third-order valence-corrected chi connectivity index (χ3v) is 5.82. The smallest absolute Gasteiger partial charge is 0.196 e. The first-order valence-electron chi connectivity index (χ1n) is 7.89. The monoisotopic (exact) mass is 401 g/mol. The van der Waals surface area contributed by atoms with E-state index in [2.05, 4.69) is 23.2 Å². The van der Waals surface area contributed by atoms with Gasteiger partial charge in [0.1, 0.15) is 0 Å². The maximum Gasteiger partial charge on any atom is 0.196 e. The first-order valence-corrected chi connectivity index (χ1v) is 9.63. The van der Waals surface area contributed by atoms with Crippen molar-refractivity contribution in [3.63, 3.8) is 0 Å². The molecule has 26 heavy (non-hydrogen) atoms. The van der Waals surface area contributed by atoms with Gasteiger partial charge in [0.25, 0.3) is 0 Å². The molecule has 7 heteroatoms. The van der Waals surface area contributed by atoms with Crippen LogP contribution in [0.2, 0.25) is 10.0 Å². The van der Waals surface area contributed by atoms with Crippen LogP contribution in [0.3, 0.4) is 0 Å². The average Bonchev–Trinajstić information content (AvgIpc) is 3.05. The summed E-state index contributed by atoms with van der Waals surface area (Å²) in [4.78, 5) is 12.5. The molecule has 0 spiro atoms. The number of pyridine rings is 1. The van der Waals surface area contributed by atoms with E-state index in [1.54, 1.807) is 18.2 Å². The van der Waals surface area contributed by atoms with Crippen molar-refractivity contribution in [2.45, 2.75) is 12.1 Å². The van der Waals surface area contributed by atoms with Gasteiger partial charge in [-0.25, -0.2) is 0 Å². The van der Waals surface area contributed by atoms with Gasteiger partial charge in [0.2, 0.25) is 0 Å². The topological polar surface area (TPSA) is 47.3 Å². The van der Waals surface area contributed by atoms with Gasteiger partial charge in [0, 0.05) is 10.9 Å². The second kappa shape index (κ2) is 6.91. The number of nitrogens with zero attached hydrogens (tertiary/aromatic N) is 3. The van der Waals surface area contributed by atoms with Crippen molar-refractivity contribution < 1.29 is 4.79 Å². The maximum atomic E-state index is 12.5. The zero-order valence-corrected chi connectivity index (χ0v) is 16.1. The minimum atomic E-state index is -0.0401. The van der Waals surface area contributed by atoms with Crippen LogP contribution in [0.5, 0.6) is 0 Å². The Hall–Kier alpha value is -2.08. The molecule has 0 fully saturated rings. The normalized spacial score (nSPS) is 11.3. The number of aromatic nitrogens is 3. The molecule has 2 aromatic heterocycles. The highest BCUT2D eigenvalue weighted by molar-refractivity contribution is 7.99. The second-order valence-corrected chi connectivity index (χ2v) is 7.62. The summed E-state index contributed by atoms with van der Waals surface area (Å²) >= 11 is 13.3. The van der Waals surface area contributed by atoms with E-state index in [-0.39, 0.29) is 11.5 Å². The van der Waals surface area contributed by atoms with E-state index in [1.165, 1.54) is 11.8 Å². The summed E-state index contributed by atoms with van der Waals surface area (Å²) in [5.41, 5.74) is 3.47. The van der Waals surface area contributed by atoms with E-state index in [1.807, 2.05) is 28.7 Å². The summed E-state index contributed by atoms with van der Waals surface area (Å²) in [7, 11) is 0. The van der Waals surface area contributed by atoms with E-state index < -0.39 is 0 Å². The fraction of sp³-hybridized carbons (Fsp3) is 0.105. The fourth-order valence-electron chi connectivity index (χ4n) is 2.85. The number of fused-ring (bicyclic) bond motifs is 3. The summed E-state index contributed by atoms with van der Waals surface area (Å²) in [6, 6.07) is 15.0. The van der Waals surface area contributed by atoms with Gasteiger partial charge in [0.05, 0.1) is 21.3 Å². The zero-order chi connectivity index (χ0) is 18.3. The maximum absolute atomic E-state index is 12.5. The van der Waals surface area contributed by atoms with Crippen LogP contribution >= 0.6 is 35.0 Å². The summed E-state index contributed by atoms with van der Waals surface area (Å²) in [5, 5.41) is 11.1. The van der Waals surface area contributed by atoms with Crippen molar-refractivity contribution in [1.29, 1.82) is 0 Å². The summed E-state index contributed by atoms with van der Waals surface area (Å²) in [5.74, 6) is 0.197. The Labute approximate surface area is 164 Å². The lowest BCUT2D eigenvalue weighted by Gasteiger charge is -2.07. The number of hydrogen-bond donors (Lipinski definition) is 0. The molecular formula is C19H13Cl2N3OS. The molecule has 4 rings (SSSR count). The molecule has 0 unspecified atom stereocenters. The molecule has 0 radical (unpaired) electrons. The number of rotatable bonds is 4. The van der Waals surface area contributed by atoms with Crippen molar-refractivity contribution in [1.82, 2.24) is 14.6 Å². The number of halogens is 2. The highest BCUT2D eigenvalue weighted by Gasteiger charge is 2.14. The Bertz CT molecular complexity index is 1160. The second-order valence-electron chi connectivity index (χ2n) is 5.86. The molecule has 0 aliphatic rings. The summed E-state index contributed by atoms with van der Waals surface area (Å²) < 4.78 is 1.98. The molecule has 130 valence electrons. The average molecular weight is 402 g/mol. The van der Waals surface area contributed by atoms with Crippen LogP contribution in [-0.2, 0) is 0 Å². The largest absolute Gasteiger partial charge is 0.293 e. The fourth-order valence-corrected chi connectivity index (χ4v) is 4.00. The number of para-hydroxylation sites is 1. The first-order chi connectivity index (χ1) is 12.5. The van der Waals surface area contributed by atoms with Gasteiger partial charge in [-0.3, -0.25) is 9.20 Å². The highest BCUT2D eigenvalue weighted by atomic mass is 35.5. The lowest BCUT2D eigenvalue weighted by atomic mass is 10.1. The molecule has 0 saturated carbocycles. The Morgan fingerprint density at radius 2 is 1.88 bits per heavy atom. The molecule has 0 aliphatic carbocycles. The van der Waals surface area contributed by atoms with E-state index >= 15 is 0 Å². The predicted octanol–water partition coefficient (Wildman–Crippen LogP) is 5.47. The Balaban J connectivity index is 1.66. The molecule has 2 aromatic carbocycles. The van der Waals surface area contributed by atoms with E-state index in [0.29, 0.717) is 20.8 Å². The van der Waals surface area contributed by atoms with Crippen LogP contribution in [0.1, 0.15) is 15.9 Å². The number of carbonyl (C=O) groups is 1. The molecular weight excluding hydrogens is 389 g/mol. The number of hydrogen-bond acceptors (Lipinski definition) is 4. The summed E-state index contributed by atoms with van der Waals surface area (Å²) in [6.07, 6.45) is 0. The molecule has 0 aliphatic heterocycles. The van der Waals surface area contributed by atoms with Gasteiger partial charge in [-0.1, -0.05) is 53.2 Å². The van der Waals surface area contributed by atoms with Gasteiger partial charge < -0.3 is 0 Å². The minimum Gasteiger partial charge on any atom is -0.293 e. The molecule has 0 N–H and O–H groups in total. The Morgan fingerprint density at radius 3 is 2.69 bits per heavy atom. The third kappa shape index (κ3) is 3.07. The van der Waals surface area contributed by atoms with Gasteiger partial charge in [0.15, 0.2) is 16.6 Å². The highest BCUT2D eigenvalue weighted by Crippen LogP contribution is 2.27. The number of ketones is 1. The SMILES string of the molecule is Cc1cc2nnc(SCC(=O)c3ccc(Cl)c(Cl)c3)n2c2ccccc12.